The van der Waals surface area contributed by atoms with Crippen LogP contribution in [-0.4, -0.2) is 32.9 Å². The molecule has 4 aliphatic rings. The first kappa shape index (κ1) is 24.1. The molecule has 0 radical (unpaired) electrons. The normalized spacial score (nSPS) is 26.4. The topological polar surface area (TPSA) is 6.48 Å². The second-order valence-electron chi connectivity index (χ2n) is 12.5. The highest BCUT2D eigenvalue weighted by Crippen LogP contribution is 2.41. The van der Waals surface area contributed by atoms with Crippen molar-refractivity contribution in [1.29, 1.82) is 0 Å². The lowest BCUT2D eigenvalue weighted by molar-refractivity contribution is 0.356. The molecular weight excluding hydrogens is 487 g/mol. The van der Waals surface area contributed by atoms with Crippen LogP contribution in [0.3, 0.4) is 0 Å². The van der Waals surface area contributed by atoms with E-state index in [4.69, 9.17) is 0 Å². The van der Waals surface area contributed by atoms with Gasteiger partial charge in [-0.15, -0.1) is 0 Å². The van der Waals surface area contributed by atoms with Crippen LogP contribution in [0.2, 0.25) is 0 Å². The van der Waals surface area contributed by atoms with Crippen LogP contribution in [0.5, 0.6) is 0 Å². The molecule has 2 saturated heterocycles. The van der Waals surface area contributed by atoms with Crippen LogP contribution in [0.15, 0.2) is 74.2 Å². The molecule has 37 heavy (non-hydrogen) atoms. The van der Waals surface area contributed by atoms with Crippen LogP contribution in [0.4, 0.5) is 11.4 Å². The molecule has 0 aliphatic carbocycles. The Bertz CT molecular complexity index is 1240. The molecule has 4 heterocycles. The average molecular weight is 525 g/mol. The van der Waals surface area contributed by atoms with E-state index in [0.717, 1.165) is 23.7 Å². The van der Waals surface area contributed by atoms with Gasteiger partial charge in [-0.25, -0.2) is 0 Å². The summed E-state index contributed by atoms with van der Waals surface area (Å²) in [5.41, 5.74) is 7.30. The summed E-state index contributed by atoms with van der Waals surface area (Å²) in [6.07, 6.45) is 2.69. The highest BCUT2D eigenvalue weighted by atomic mass is 32.2. The highest BCUT2D eigenvalue weighted by molar-refractivity contribution is 8.01. The quantitative estimate of drug-likeness (QED) is 0.258. The predicted octanol–water partition coefficient (Wildman–Crippen LogP) is 6.10. The van der Waals surface area contributed by atoms with Crippen molar-refractivity contribution in [3.8, 4) is 0 Å². The number of piperidine rings is 2. The van der Waals surface area contributed by atoms with Crippen molar-refractivity contribution < 1.29 is 0 Å². The third kappa shape index (κ3) is 4.31. The van der Waals surface area contributed by atoms with E-state index in [1.807, 2.05) is 23.5 Å². The van der Waals surface area contributed by atoms with Crippen molar-refractivity contribution in [3.63, 3.8) is 0 Å². The Morgan fingerprint density at radius 3 is 1.46 bits per heavy atom. The highest BCUT2D eigenvalue weighted by Gasteiger charge is 2.38. The first-order valence-electron chi connectivity index (χ1n) is 14.2. The van der Waals surface area contributed by atoms with E-state index >= 15 is 0 Å². The predicted molar refractivity (Wildman–Crippen MR) is 163 cm³/mol. The Morgan fingerprint density at radius 2 is 1.03 bits per heavy atom. The van der Waals surface area contributed by atoms with Gasteiger partial charge < -0.3 is 9.80 Å². The van der Waals surface area contributed by atoms with Crippen molar-refractivity contribution in [3.05, 3.63) is 54.6 Å². The Kier molecular flexibility index (Phi) is 6.08. The van der Waals surface area contributed by atoms with Crippen molar-refractivity contribution in [2.75, 3.05) is 36.0 Å². The van der Waals surface area contributed by atoms with Gasteiger partial charge in [0, 0.05) is 57.1 Å². The van der Waals surface area contributed by atoms with Crippen LogP contribution >= 0.6 is 23.5 Å². The van der Waals surface area contributed by atoms with E-state index in [9.17, 15) is 0 Å². The van der Waals surface area contributed by atoms with Gasteiger partial charge in [-0.05, 0) is 78.4 Å². The van der Waals surface area contributed by atoms with Crippen molar-refractivity contribution in [2.24, 2.45) is 23.7 Å². The molecule has 4 atom stereocenters. The number of nitrogens with zero attached hydrogens (tertiary/aromatic N) is 2. The summed E-state index contributed by atoms with van der Waals surface area (Å²) < 4.78 is 0. The monoisotopic (exact) mass is 524 g/mol. The van der Waals surface area contributed by atoms with Gasteiger partial charge in [0.2, 0.25) is 6.71 Å². The van der Waals surface area contributed by atoms with E-state index in [-0.39, 0.29) is 0 Å². The summed E-state index contributed by atoms with van der Waals surface area (Å²) >= 11 is 3.96. The smallest absolute Gasteiger partial charge is 0.247 e. The summed E-state index contributed by atoms with van der Waals surface area (Å²) in [7, 11) is 0. The molecule has 0 spiro atoms. The lowest BCUT2D eigenvalue weighted by Gasteiger charge is -2.39. The second kappa shape index (κ2) is 9.34. The van der Waals surface area contributed by atoms with Gasteiger partial charge in [0.1, 0.15) is 0 Å². The number of hydrogen-bond donors (Lipinski definition) is 0. The lowest BCUT2D eigenvalue weighted by atomic mass is 9.36. The number of fused-ring (bicyclic) bond motifs is 4. The maximum absolute atomic E-state index is 2.63. The van der Waals surface area contributed by atoms with Crippen LogP contribution in [-0.2, 0) is 0 Å². The Hall–Kier alpha value is -1.98. The summed E-state index contributed by atoms with van der Waals surface area (Å²) in [6.45, 7) is 14.7. The van der Waals surface area contributed by atoms with E-state index in [2.05, 4.69) is 92.1 Å². The van der Waals surface area contributed by atoms with Crippen LogP contribution in [0.1, 0.15) is 40.5 Å². The van der Waals surface area contributed by atoms with Crippen molar-refractivity contribution in [1.82, 2.24) is 0 Å². The number of benzene rings is 3. The summed E-state index contributed by atoms with van der Waals surface area (Å²) in [5, 5.41) is 0. The third-order valence-electron chi connectivity index (χ3n) is 8.84. The van der Waals surface area contributed by atoms with Crippen LogP contribution in [0, 0.1) is 23.7 Å². The fourth-order valence-corrected chi connectivity index (χ4v) is 10.0. The fourth-order valence-electron chi connectivity index (χ4n) is 7.54. The molecule has 4 unspecified atom stereocenters. The summed E-state index contributed by atoms with van der Waals surface area (Å²) in [6, 6.07) is 21.6. The standard InChI is InChI=1S/C32H37BN2S2/c1-20-12-21(2)17-34(16-20)24-8-10-26-30(14-24)36-28-6-5-7-29-32(28)33(26)27-11-9-25(15-31(27)37-29)35-18-22(3)13-23(4)19-35/h5-11,14-15,20-23H,12-13,16-19H2,1-4H3. The van der Waals surface area contributed by atoms with Crippen molar-refractivity contribution in [2.45, 2.75) is 60.1 Å². The molecule has 2 fully saturated rings. The first-order chi connectivity index (χ1) is 17.9. The van der Waals surface area contributed by atoms with Gasteiger partial charge in [-0.3, -0.25) is 0 Å². The Balaban J connectivity index is 1.28. The Labute approximate surface area is 231 Å². The minimum atomic E-state index is 0.334. The van der Waals surface area contributed by atoms with Crippen LogP contribution < -0.4 is 26.2 Å². The third-order valence-corrected chi connectivity index (χ3v) is 11.1. The first-order valence-corrected chi connectivity index (χ1v) is 15.8. The molecule has 190 valence electrons. The largest absolute Gasteiger partial charge is 0.371 e. The zero-order chi connectivity index (χ0) is 25.3. The molecule has 4 aliphatic heterocycles. The van der Waals surface area contributed by atoms with Gasteiger partial charge in [-0.1, -0.05) is 80.3 Å². The number of rotatable bonds is 2. The van der Waals surface area contributed by atoms with E-state index in [0.29, 0.717) is 6.71 Å². The number of anilines is 2. The molecular formula is C32H37BN2S2. The SMILES string of the molecule is CC1CC(C)CN(c2ccc3c(c2)Sc2cccc4c2B3c2ccc(N3CC(C)CC(C)C3)cc2S4)C1. The maximum Gasteiger partial charge on any atom is 0.247 e. The minimum absolute atomic E-state index is 0.334. The molecule has 0 bridgehead atoms. The molecule has 3 aromatic carbocycles. The fraction of sp³-hybridized carbons (Fsp3) is 0.438. The Morgan fingerprint density at radius 1 is 0.595 bits per heavy atom. The average Bonchev–Trinajstić information content (AvgIpc) is 2.86. The second-order valence-corrected chi connectivity index (χ2v) is 14.6. The maximum atomic E-state index is 2.63. The molecule has 5 heteroatoms. The molecule has 0 saturated carbocycles. The molecule has 3 aromatic rings. The molecule has 0 amide bonds. The van der Waals surface area contributed by atoms with Gasteiger partial charge in [-0.2, -0.15) is 0 Å². The van der Waals surface area contributed by atoms with Gasteiger partial charge in [0.25, 0.3) is 0 Å². The van der Waals surface area contributed by atoms with Crippen molar-refractivity contribution >= 4 is 58.0 Å². The zero-order valence-electron chi connectivity index (χ0n) is 22.5. The molecule has 7 rings (SSSR count). The van der Waals surface area contributed by atoms with E-state index < -0.39 is 0 Å². The minimum Gasteiger partial charge on any atom is -0.371 e. The summed E-state index contributed by atoms with van der Waals surface area (Å²) in [5.74, 6) is 3.05. The van der Waals surface area contributed by atoms with E-state index in [1.54, 1.807) is 0 Å². The van der Waals surface area contributed by atoms with Gasteiger partial charge in [0.15, 0.2) is 0 Å². The van der Waals surface area contributed by atoms with E-state index in [1.165, 1.54) is 86.4 Å². The number of hydrogen-bond acceptors (Lipinski definition) is 4. The molecule has 0 aromatic heterocycles. The van der Waals surface area contributed by atoms with Gasteiger partial charge in [0.05, 0.1) is 0 Å². The van der Waals surface area contributed by atoms with Gasteiger partial charge >= 0.3 is 0 Å². The van der Waals surface area contributed by atoms with Crippen LogP contribution in [0.25, 0.3) is 0 Å². The lowest BCUT2D eigenvalue weighted by Crippen LogP contribution is -2.58. The summed E-state index contributed by atoms with van der Waals surface area (Å²) in [4.78, 5) is 11.0. The zero-order valence-corrected chi connectivity index (χ0v) is 24.2. The molecule has 0 N–H and O–H groups in total. The molecule has 2 nitrogen and oxygen atoms in total.